The van der Waals surface area contributed by atoms with Gasteiger partial charge in [0.05, 0.1) is 16.3 Å². The van der Waals surface area contributed by atoms with E-state index in [0.717, 1.165) is 29.1 Å². The smallest absolute Gasteiger partial charge is 0.361 e. The molecule has 1 heterocycles. The first-order chi connectivity index (χ1) is 10.8. The number of anilines is 1. The van der Waals surface area contributed by atoms with E-state index in [1.807, 2.05) is 0 Å². The van der Waals surface area contributed by atoms with Crippen LogP contribution in [0.25, 0.3) is 10.9 Å². The Bertz CT molecular complexity index is 886. The van der Waals surface area contributed by atoms with Gasteiger partial charge in [-0.05, 0) is 42.5 Å². The number of hydrogen-bond donors (Lipinski definition) is 2. The first-order valence-corrected chi connectivity index (χ1v) is 6.97. The van der Waals surface area contributed by atoms with Crippen LogP contribution in [0.5, 0.6) is 0 Å². The molecule has 2 aromatic carbocycles. The molecule has 1 amide bonds. The minimum atomic E-state index is -4.51. The summed E-state index contributed by atoms with van der Waals surface area (Å²) in [4.78, 5) is 15.2. The normalized spacial score (nSPS) is 11.7. The average molecular weight is 339 g/mol. The third kappa shape index (κ3) is 3.17. The van der Waals surface area contributed by atoms with Crippen LogP contribution in [0.15, 0.2) is 48.7 Å². The van der Waals surface area contributed by atoms with Crippen molar-refractivity contribution in [3.63, 3.8) is 0 Å². The number of amides is 1. The molecular formula is C16H10ClF3N2O. The number of aromatic nitrogens is 1. The number of carbonyl (C=O) groups is 1. The Labute approximate surface area is 134 Å². The predicted molar refractivity (Wildman–Crippen MR) is 82.7 cm³/mol. The molecule has 0 atom stereocenters. The van der Waals surface area contributed by atoms with Gasteiger partial charge in [-0.1, -0.05) is 11.6 Å². The summed E-state index contributed by atoms with van der Waals surface area (Å²) >= 11 is 5.87. The maximum Gasteiger partial charge on any atom is 0.416 e. The van der Waals surface area contributed by atoms with Crippen LogP contribution in [-0.2, 0) is 6.18 Å². The number of carbonyl (C=O) groups excluding carboxylic acids is 1. The second kappa shape index (κ2) is 5.62. The number of nitrogens with one attached hydrogen (secondary N) is 2. The minimum Gasteiger partial charge on any atom is -0.361 e. The molecular weight excluding hydrogens is 329 g/mol. The van der Waals surface area contributed by atoms with Gasteiger partial charge in [-0.15, -0.1) is 0 Å². The standard InChI is InChI=1S/C16H10ClF3N2O/c17-12-3-2-11(16(18,19)20)8-14(12)22-15(23)10-1-4-13-9(7-10)5-6-21-13/h1-8,21H,(H,22,23). The van der Waals surface area contributed by atoms with E-state index in [1.165, 1.54) is 0 Å². The lowest BCUT2D eigenvalue weighted by atomic mass is 10.1. The zero-order chi connectivity index (χ0) is 16.6. The minimum absolute atomic E-state index is 0.0362. The number of hydrogen-bond acceptors (Lipinski definition) is 1. The van der Waals surface area contributed by atoms with Crippen LogP contribution in [0.2, 0.25) is 5.02 Å². The maximum atomic E-state index is 12.7. The highest BCUT2D eigenvalue weighted by Crippen LogP contribution is 2.34. The molecule has 0 saturated heterocycles. The Morgan fingerprint density at radius 2 is 1.87 bits per heavy atom. The molecule has 0 unspecified atom stereocenters. The fourth-order valence-corrected chi connectivity index (χ4v) is 2.35. The van der Waals surface area contributed by atoms with Gasteiger partial charge < -0.3 is 10.3 Å². The third-order valence-corrected chi connectivity index (χ3v) is 3.69. The molecule has 0 spiro atoms. The fourth-order valence-electron chi connectivity index (χ4n) is 2.19. The highest BCUT2D eigenvalue weighted by Gasteiger charge is 2.31. The third-order valence-electron chi connectivity index (χ3n) is 3.36. The van der Waals surface area contributed by atoms with Crippen molar-refractivity contribution in [3.8, 4) is 0 Å². The topological polar surface area (TPSA) is 44.9 Å². The summed E-state index contributed by atoms with van der Waals surface area (Å²) in [6.07, 6.45) is -2.77. The van der Waals surface area contributed by atoms with E-state index in [-0.39, 0.29) is 10.7 Å². The predicted octanol–water partition coefficient (Wildman–Crippen LogP) is 5.09. The van der Waals surface area contributed by atoms with Crippen molar-refractivity contribution in [2.24, 2.45) is 0 Å². The van der Waals surface area contributed by atoms with E-state index in [9.17, 15) is 18.0 Å². The summed E-state index contributed by atoms with van der Waals surface area (Å²) in [5.41, 5.74) is 0.225. The van der Waals surface area contributed by atoms with E-state index < -0.39 is 17.6 Å². The van der Waals surface area contributed by atoms with Crippen molar-refractivity contribution in [3.05, 3.63) is 64.8 Å². The first-order valence-electron chi connectivity index (χ1n) is 6.60. The molecule has 23 heavy (non-hydrogen) atoms. The van der Waals surface area contributed by atoms with E-state index >= 15 is 0 Å². The molecule has 2 N–H and O–H groups in total. The summed E-state index contributed by atoms with van der Waals surface area (Å²) < 4.78 is 38.2. The molecule has 0 bridgehead atoms. The first kappa shape index (κ1) is 15.4. The number of rotatable bonds is 2. The quantitative estimate of drug-likeness (QED) is 0.671. The lowest BCUT2D eigenvalue weighted by Crippen LogP contribution is -2.13. The Hall–Kier alpha value is -2.47. The molecule has 0 saturated carbocycles. The zero-order valence-electron chi connectivity index (χ0n) is 11.5. The molecule has 3 nitrogen and oxygen atoms in total. The number of fused-ring (bicyclic) bond motifs is 1. The van der Waals surface area contributed by atoms with Crippen LogP contribution >= 0.6 is 11.6 Å². The number of alkyl halides is 3. The Morgan fingerprint density at radius 3 is 2.61 bits per heavy atom. The van der Waals surface area contributed by atoms with Crippen molar-refractivity contribution >= 4 is 34.1 Å². The van der Waals surface area contributed by atoms with Gasteiger partial charge in [0, 0.05) is 22.7 Å². The van der Waals surface area contributed by atoms with Gasteiger partial charge in [-0.25, -0.2) is 0 Å². The number of benzene rings is 2. The highest BCUT2D eigenvalue weighted by atomic mass is 35.5. The Balaban J connectivity index is 1.90. The van der Waals surface area contributed by atoms with Crippen LogP contribution in [0.1, 0.15) is 15.9 Å². The van der Waals surface area contributed by atoms with Crippen LogP contribution in [-0.4, -0.2) is 10.9 Å². The van der Waals surface area contributed by atoms with Gasteiger partial charge in [-0.2, -0.15) is 13.2 Å². The van der Waals surface area contributed by atoms with Crippen molar-refractivity contribution in [1.82, 2.24) is 4.98 Å². The average Bonchev–Trinajstić information content (AvgIpc) is 2.95. The van der Waals surface area contributed by atoms with Crippen molar-refractivity contribution in [1.29, 1.82) is 0 Å². The lowest BCUT2D eigenvalue weighted by Gasteiger charge is -2.11. The highest BCUT2D eigenvalue weighted by molar-refractivity contribution is 6.34. The second-order valence-corrected chi connectivity index (χ2v) is 5.33. The fraction of sp³-hybridized carbons (Fsp3) is 0.0625. The second-order valence-electron chi connectivity index (χ2n) is 4.93. The monoisotopic (exact) mass is 338 g/mol. The van der Waals surface area contributed by atoms with Crippen molar-refractivity contribution in [2.75, 3.05) is 5.32 Å². The Morgan fingerprint density at radius 1 is 1.09 bits per heavy atom. The summed E-state index contributed by atoms with van der Waals surface area (Å²) in [6.45, 7) is 0. The molecule has 0 aliphatic carbocycles. The molecule has 3 aromatic rings. The van der Waals surface area contributed by atoms with Gasteiger partial charge >= 0.3 is 6.18 Å². The molecule has 0 aliphatic rings. The molecule has 0 fully saturated rings. The Kier molecular flexibility index (Phi) is 3.77. The van der Waals surface area contributed by atoms with Crippen LogP contribution in [0.3, 0.4) is 0 Å². The van der Waals surface area contributed by atoms with E-state index in [4.69, 9.17) is 11.6 Å². The van der Waals surface area contributed by atoms with Crippen LogP contribution in [0.4, 0.5) is 18.9 Å². The van der Waals surface area contributed by atoms with Crippen molar-refractivity contribution < 1.29 is 18.0 Å². The summed E-state index contributed by atoms with van der Waals surface area (Å²) in [6, 6.07) is 9.52. The SMILES string of the molecule is O=C(Nc1cc(C(F)(F)F)ccc1Cl)c1ccc2[nH]ccc2c1. The van der Waals surface area contributed by atoms with Crippen molar-refractivity contribution in [2.45, 2.75) is 6.18 Å². The lowest BCUT2D eigenvalue weighted by molar-refractivity contribution is -0.137. The van der Waals surface area contributed by atoms with Gasteiger partial charge in [0.1, 0.15) is 0 Å². The van der Waals surface area contributed by atoms with E-state index in [1.54, 1.807) is 30.5 Å². The summed E-state index contributed by atoms with van der Waals surface area (Å²) in [5.74, 6) is -0.533. The van der Waals surface area contributed by atoms with E-state index in [2.05, 4.69) is 10.3 Å². The largest absolute Gasteiger partial charge is 0.416 e. The molecule has 3 rings (SSSR count). The molecule has 0 aliphatic heterocycles. The van der Waals surface area contributed by atoms with Gasteiger partial charge in [0.2, 0.25) is 0 Å². The number of halogens is 4. The van der Waals surface area contributed by atoms with E-state index in [0.29, 0.717) is 5.56 Å². The molecule has 0 radical (unpaired) electrons. The molecule has 7 heteroatoms. The molecule has 1 aromatic heterocycles. The number of aromatic amines is 1. The number of H-pyrrole nitrogens is 1. The summed E-state index contributed by atoms with van der Waals surface area (Å²) in [7, 11) is 0. The maximum absolute atomic E-state index is 12.7. The molecule has 118 valence electrons. The van der Waals surface area contributed by atoms with Gasteiger partial charge in [-0.3, -0.25) is 4.79 Å². The van der Waals surface area contributed by atoms with Crippen LogP contribution < -0.4 is 5.32 Å². The summed E-state index contributed by atoms with van der Waals surface area (Å²) in [5, 5.41) is 3.28. The van der Waals surface area contributed by atoms with Crippen LogP contribution in [0, 0.1) is 0 Å². The van der Waals surface area contributed by atoms with Gasteiger partial charge in [0.25, 0.3) is 5.91 Å². The zero-order valence-corrected chi connectivity index (χ0v) is 12.3. The van der Waals surface area contributed by atoms with Gasteiger partial charge in [0.15, 0.2) is 0 Å².